The second-order valence-corrected chi connectivity index (χ2v) is 4.13. The Morgan fingerprint density at radius 1 is 1.62 bits per heavy atom. The van der Waals surface area contributed by atoms with Crippen LogP contribution in [0.1, 0.15) is 6.42 Å². The Morgan fingerprint density at radius 3 is 2.92 bits per heavy atom. The number of nitrogens with zero attached hydrogens (tertiary/aromatic N) is 1. The van der Waals surface area contributed by atoms with Crippen LogP contribution in [0.2, 0.25) is 0 Å². The highest BCUT2D eigenvalue weighted by Crippen LogP contribution is 2.01. The molecule has 0 unspecified atom stereocenters. The number of H-pyrrole nitrogens is 1. The third-order valence-corrected chi connectivity index (χ3v) is 2.78. The van der Waals surface area contributed by atoms with Crippen molar-refractivity contribution in [2.75, 3.05) is 13.2 Å². The summed E-state index contributed by atoms with van der Waals surface area (Å²) in [5.74, 6) is 0. The molecule has 0 radical (unpaired) electrons. The lowest BCUT2D eigenvalue weighted by molar-refractivity contribution is 0.289. The Hall–Kier alpha value is -0.920. The van der Waals surface area contributed by atoms with Crippen LogP contribution in [-0.4, -0.2) is 36.9 Å². The molecule has 13 heavy (non-hydrogen) atoms. The van der Waals surface area contributed by atoms with E-state index in [9.17, 15) is 8.42 Å². The van der Waals surface area contributed by atoms with Gasteiger partial charge in [0.1, 0.15) is 0 Å². The molecule has 6 nitrogen and oxygen atoms in total. The van der Waals surface area contributed by atoms with E-state index in [0.717, 1.165) is 0 Å². The summed E-state index contributed by atoms with van der Waals surface area (Å²) in [6, 6.07) is 1.36. The third kappa shape index (κ3) is 2.79. The van der Waals surface area contributed by atoms with Crippen molar-refractivity contribution in [2.45, 2.75) is 11.4 Å². The number of sulfonamides is 1. The van der Waals surface area contributed by atoms with Gasteiger partial charge < -0.3 is 5.11 Å². The number of hydrogen-bond donors (Lipinski definition) is 3. The van der Waals surface area contributed by atoms with Gasteiger partial charge in [-0.3, -0.25) is 5.10 Å². The number of aliphatic hydroxyl groups excluding tert-OH is 1. The fraction of sp³-hybridized carbons (Fsp3) is 0.500. The van der Waals surface area contributed by atoms with Crippen molar-refractivity contribution in [3.05, 3.63) is 12.3 Å². The smallest absolute Gasteiger partial charge is 0.257 e. The van der Waals surface area contributed by atoms with Gasteiger partial charge in [-0.05, 0) is 12.5 Å². The van der Waals surface area contributed by atoms with Gasteiger partial charge >= 0.3 is 0 Å². The number of aromatic nitrogens is 2. The summed E-state index contributed by atoms with van der Waals surface area (Å²) in [5, 5.41) is 14.3. The molecule has 0 bridgehead atoms. The molecule has 0 saturated carbocycles. The molecule has 0 spiro atoms. The van der Waals surface area contributed by atoms with E-state index in [1.54, 1.807) is 0 Å². The van der Waals surface area contributed by atoms with E-state index < -0.39 is 10.0 Å². The standard InChI is InChI=1S/C6H11N3O3S/c10-5-1-3-8-13(11,12)6-2-4-7-9-6/h2,4,8,10H,1,3,5H2,(H,7,9). The number of aliphatic hydroxyl groups is 1. The van der Waals surface area contributed by atoms with Crippen LogP contribution < -0.4 is 4.72 Å². The monoisotopic (exact) mass is 205 g/mol. The summed E-state index contributed by atoms with van der Waals surface area (Å²) in [7, 11) is -3.47. The van der Waals surface area contributed by atoms with Gasteiger partial charge in [0.15, 0.2) is 5.03 Å². The minimum Gasteiger partial charge on any atom is -0.396 e. The van der Waals surface area contributed by atoms with Crippen LogP contribution in [0, 0.1) is 0 Å². The maximum atomic E-state index is 11.3. The first-order chi connectivity index (χ1) is 6.17. The molecule has 0 saturated heterocycles. The van der Waals surface area contributed by atoms with Crippen molar-refractivity contribution in [3.8, 4) is 0 Å². The predicted octanol–water partition coefficient (Wildman–Crippen LogP) is -0.930. The molecule has 3 N–H and O–H groups in total. The average molecular weight is 205 g/mol. The molecule has 0 fully saturated rings. The second-order valence-electron chi connectivity index (χ2n) is 2.40. The van der Waals surface area contributed by atoms with Crippen LogP contribution >= 0.6 is 0 Å². The number of hydrogen-bond acceptors (Lipinski definition) is 4. The van der Waals surface area contributed by atoms with Crippen LogP contribution in [0.5, 0.6) is 0 Å². The Bertz CT molecular complexity index is 332. The maximum absolute atomic E-state index is 11.3. The van der Waals surface area contributed by atoms with Crippen molar-refractivity contribution < 1.29 is 13.5 Å². The van der Waals surface area contributed by atoms with Gasteiger partial charge in [-0.25, -0.2) is 13.1 Å². The molecule has 1 rings (SSSR count). The van der Waals surface area contributed by atoms with Crippen LogP contribution in [0.25, 0.3) is 0 Å². The Morgan fingerprint density at radius 2 is 2.38 bits per heavy atom. The largest absolute Gasteiger partial charge is 0.396 e. The topological polar surface area (TPSA) is 95.1 Å². The predicted molar refractivity (Wildman–Crippen MR) is 45.5 cm³/mol. The van der Waals surface area contributed by atoms with Gasteiger partial charge in [0.2, 0.25) is 0 Å². The maximum Gasteiger partial charge on any atom is 0.257 e. The number of aromatic amines is 1. The van der Waals surface area contributed by atoms with E-state index in [1.807, 2.05) is 0 Å². The molecule has 0 amide bonds. The Balaban J connectivity index is 2.58. The van der Waals surface area contributed by atoms with E-state index in [-0.39, 0.29) is 18.2 Å². The molecule has 74 valence electrons. The molecule has 1 aromatic rings. The van der Waals surface area contributed by atoms with Gasteiger partial charge in [-0.15, -0.1) is 0 Å². The average Bonchev–Trinajstić information content (AvgIpc) is 2.56. The fourth-order valence-electron chi connectivity index (χ4n) is 0.756. The molecule has 0 atom stereocenters. The number of nitrogens with one attached hydrogen (secondary N) is 2. The Kier molecular flexibility index (Phi) is 3.40. The van der Waals surface area contributed by atoms with Crippen LogP contribution in [0.4, 0.5) is 0 Å². The fourth-order valence-corrected chi connectivity index (χ4v) is 1.74. The van der Waals surface area contributed by atoms with Crippen molar-refractivity contribution in [1.29, 1.82) is 0 Å². The van der Waals surface area contributed by atoms with E-state index in [2.05, 4.69) is 14.9 Å². The normalized spacial score (nSPS) is 11.8. The summed E-state index contributed by atoms with van der Waals surface area (Å²) in [4.78, 5) is 0. The van der Waals surface area contributed by atoms with E-state index in [0.29, 0.717) is 6.42 Å². The lowest BCUT2D eigenvalue weighted by atomic mass is 10.5. The van der Waals surface area contributed by atoms with Crippen molar-refractivity contribution in [3.63, 3.8) is 0 Å². The minimum absolute atomic E-state index is 0.0328. The molecule has 0 aliphatic rings. The van der Waals surface area contributed by atoms with E-state index in [4.69, 9.17) is 5.11 Å². The van der Waals surface area contributed by atoms with Gasteiger partial charge in [0.05, 0.1) is 6.20 Å². The molecule has 0 aliphatic carbocycles. The highest BCUT2D eigenvalue weighted by molar-refractivity contribution is 7.89. The van der Waals surface area contributed by atoms with Gasteiger partial charge in [-0.1, -0.05) is 0 Å². The summed E-state index contributed by atoms with van der Waals surface area (Å²) < 4.78 is 24.9. The zero-order valence-corrected chi connectivity index (χ0v) is 7.71. The highest BCUT2D eigenvalue weighted by atomic mass is 32.2. The zero-order valence-electron chi connectivity index (χ0n) is 6.90. The van der Waals surface area contributed by atoms with Gasteiger partial charge in [0, 0.05) is 13.2 Å². The van der Waals surface area contributed by atoms with Crippen LogP contribution in [-0.2, 0) is 10.0 Å². The summed E-state index contributed by atoms with van der Waals surface area (Å²) >= 11 is 0. The molecular formula is C6H11N3O3S. The Labute approximate surface area is 76.0 Å². The third-order valence-electron chi connectivity index (χ3n) is 1.39. The molecule has 7 heteroatoms. The lowest BCUT2D eigenvalue weighted by Crippen LogP contribution is -2.25. The highest BCUT2D eigenvalue weighted by Gasteiger charge is 2.13. The molecular weight excluding hydrogens is 194 g/mol. The lowest BCUT2D eigenvalue weighted by Gasteiger charge is -2.01. The van der Waals surface area contributed by atoms with Crippen LogP contribution in [0.3, 0.4) is 0 Å². The minimum atomic E-state index is -3.47. The first kappa shape index (κ1) is 10.2. The molecule has 1 aromatic heterocycles. The molecule has 1 heterocycles. The van der Waals surface area contributed by atoms with E-state index >= 15 is 0 Å². The van der Waals surface area contributed by atoms with Gasteiger partial charge in [0.25, 0.3) is 10.0 Å². The second kappa shape index (κ2) is 4.35. The van der Waals surface area contributed by atoms with Crippen LogP contribution in [0.15, 0.2) is 17.3 Å². The van der Waals surface area contributed by atoms with Crippen molar-refractivity contribution in [2.24, 2.45) is 0 Å². The summed E-state index contributed by atoms with van der Waals surface area (Å²) in [6.45, 7) is 0.184. The first-order valence-electron chi connectivity index (χ1n) is 3.77. The summed E-state index contributed by atoms with van der Waals surface area (Å²) in [5.41, 5.74) is 0. The van der Waals surface area contributed by atoms with Crippen molar-refractivity contribution >= 4 is 10.0 Å². The van der Waals surface area contributed by atoms with Gasteiger partial charge in [-0.2, -0.15) is 5.10 Å². The van der Waals surface area contributed by atoms with E-state index in [1.165, 1.54) is 12.3 Å². The van der Waals surface area contributed by atoms with Crippen molar-refractivity contribution in [1.82, 2.24) is 14.9 Å². The number of rotatable bonds is 5. The summed E-state index contributed by atoms with van der Waals surface area (Å²) in [6.07, 6.45) is 1.76. The zero-order chi connectivity index (χ0) is 9.73. The molecule has 0 aromatic carbocycles. The first-order valence-corrected chi connectivity index (χ1v) is 5.25. The SMILES string of the molecule is O=S(=O)(NCCCO)c1ccn[nH]1. The quantitative estimate of drug-likeness (QED) is 0.541. The molecule has 0 aliphatic heterocycles.